The van der Waals surface area contributed by atoms with Gasteiger partial charge in [0.15, 0.2) is 0 Å². The van der Waals surface area contributed by atoms with E-state index >= 15 is 0 Å². The molecular weight excluding hydrogens is 216 g/mol. The van der Waals surface area contributed by atoms with Gasteiger partial charge in [0.25, 0.3) is 5.91 Å². The van der Waals surface area contributed by atoms with Gasteiger partial charge in [-0.2, -0.15) is 0 Å². The number of hydrogen-bond donors (Lipinski definition) is 2. The average molecular weight is 232 g/mol. The number of aldehydes is 1. The van der Waals surface area contributed by atoms with Crippen LogP contribution in [0.1, 0.15) is 33.6 Å². The fourth-order valence-electron chi connectivity index (χ4n) is 2.00. The summed E-state index contributed by atoms with van der Waals surface area (Å²) in [5.74, 6) is -0.123. The first-order chi connectivity index (χ1) is 8.29. The smallest absolute Gasteiger partial charge is 0.251 e. The summed E-state index contributed by atoms with van der Waals surface area (Å²) >= 11 is 0. The summed E-state index contributed by atoms with van der Waals surface area (Å²) < 4.78 is 0. The van der Waals surface area contributed by atoms with Crippen LogP contribution < -0.4 is 10.6 Å². The summed E-state index contributed by atoms with van der Waals surface area (Å²) in [5, 5.41) is 6.19. The highest BCUT2D eigenvalue weighted by Crippen LogP contribution is 2.05. The maximum atomic E-state index is 11.8. The van der Waals surface area contributed by atoms with Crippen molar-refractivity contribution in [1.82, 2.24) is 10.6 Å². The van der Waals surface area contributed by atoms with Gasteiger partial charge in [0.2, 0.25) is 0 Å². The van der Waals surface area contributed by atoms with Gasteiger partial charge in [-0.05, 0) is 31.5 Å². The van der Waals surface area contributed by atoms with Crippen molar-refractivity contribution in [2.45, 2.75) is 18.9 Å². The Hall–Kier alpha value is -1.68. The van der Waals surface area contributed by atoms with E-state index in [4.69, 9.17) is 0 Å². The predicted octanol–water partition coefficient (Wildman–Crippen LogP) is 0.981. The maximum absolute atomic E-state index is 11.8. The van der Waals surface area contributed by atoms with Crippen LogP contribution in [0.15, 0.2) is 24.3 Å². The molecule has 90 valence electrons. The number of hydrogen-bond acceptors (Lipinski definition) is 3. The molecule has 1 heterocycles. The van der Waals surface area contributed by atoms with Crippen LogP contribution in [0.4, 0.5) is 0 Å². The van der Waals surface area contributed by atoms with Crippen molar-refractivity contribution in [2.75, 3.05) is 13.1 Å². The van der Waals surface area contributed by atoms with Gasteiger partial charge in [0, 0.05) is 23.7 Å². The highest BCUT2D eigenvalue weighted by molar-refractivity contribution is 5.95. The maximum Gasteiger partial charge on any atom is 0.251 e. The standard InChI is InChI=1S/C13H16N2O2/c16-9-10-3-1-4-11(7-10)13(17)15-8-12-5-2-6-14-12/h1,3-4,7,9,12,14H,2,5-6,8H2,(H,15,17). The largest absolute Gasteiger partial charge is 0.350 e. The first-order valence-corrected chi connectivity index (χ1v) is 5.86. The van der Waals surface area contributed by atoms with E-state index in [9.17, 15) is 9.59 Å². The van der Waals surface area contributed by atoms with Crippen LogP contribution in [-0.2, 0) is 0 Å². The molecule has 1 saturated heterocycles. The molecule has 1 fully saturated rings. The van der Waals surface area contributed by atoms with Crippen LogP contribution >= 0.6 is 0 Å². The van der Waals surface area contributed by atoms with Crippen molar-refractivity contribution in [3.8, 4) is 0 Å². The molecule has 0 radical (unpaired) electrons. The van der Waals surface area contributed by atoms with E-state index in [0.29, 0.717) is 23.7 Å². The Morgan fingerprint density at radius 1 is 1.53 bits per heavy atom. The van der Waals surface area contributed by atoms with Gasteiger partial charge in [-0.25, -0.2) is 0 Å². The van der Waals surface area contributed by atoms with Crippen molar-refractivity contribution in [2.24, 2.45) is 0 Å². The van der Waals surface area contributed by atoms with E-state index in [0.717, 1.165) is 19.3 Å². The molecule has 2 N–H and O–H groups in total. The summed E-state index contributed by atoms with van der Waals surface area (Å²) in [7, 11) is 0. The van der Waals surface area contributed by atoms with Gasteiger partial charge in [0.05, 0.1) is 0 Å². The Morgan fingerprint density at radius 3 is 3.12 bits per heavy atom. The summed E-state index contributed by atoms with van der Waals surface area (Å²) in [6.07, 6.45) is 3.02. The fourth-order valence-corrected chi connectivity index (χ4v) is 2.00. The lowest BCUT2D eigenvalue weighted by atomic mass is 10.1. The molecule has 1 atom stereocenters. The third-order valence-electron chi connectivity index (χ3n) is 2.96. The molecule has 0 bridgehead atoms. The monoisotopic (exact) mass is 232 g/mol. The Balaban J connectivity index is 1.91. The average Bonchev–Trinajstić information content (AvgIpc) is 2.89. The van der Waals surface area contributed by atoms with E-state index in [-0.39, 0.29) is 5.91 Å². The van der Waals surface area contributed by atoms with E-state index < -0.39 is 0 Å². The van der Waals surface area contributed by atoms with Crippen molar-refractivity contribution < 1.29 is 9.59 Å². The molecule has 2 rings (SSSR count). The van der Waals surface area contributed by atoms with Crippen LogP contribution in [-0.4, -0.2) is 31.3 Å². The zero-order valence-corrected chi connectivity index (χ0v) is 9.61. The van der Waals surface area contributed by atoms with Crippen molar-refractivity contribution >= 4 is 12.2 Å². The van der Waals surface area contributed by atoms with Crippen molar-refractivity contribution in [1.29, 1.82) is 0 Å². The summed E-state index contributed by atoms with van der Waals surface area (Å²) in [6, 6.07) is 7.09. The summed E-state index contributed by atoms with van der Waals surface area (Å²) in [5.41, 5.74) is 1.06. The lowest BCUT2D eigenvalue weighted by Gasteiger charge is -2.11. The molecule has 1 unspecified atom stereocenters. The Labute approximate surface area is 100 Å². The lowest BCUT2D eigenvalue weighted by Crippen LogP contribution is -2.37. The van der Waals surface area contributed by atoms with E-state index in [2.05, 4.69) is 10.6 Å². The van der Waals surface area contributed by atoms with Gasteiger partial charge in [-0.3, -0.25) is 9.59 Å². The molecule has 0 saturated carbocycles. The van der Waals surface area contributed by atoms with Crippen molar-refractivity contribution in [3.63, 3.8) is 0 Å². The second kappa shape index (κ2) is 5.59. The summed E-state index contributed by atoms with van der Waals surface area (Å²) in [6.45, 7) is 1.67. The molecule has 1 aliphatic heterocycles. The van der Waals surface area contributed by atoms with E-state index in [1.54, 1.807) is 24.3 Å². The number of nitrogens with one attached hydrogen (secondary N) is 2. The van der Waals surface area contributed by atoms with Crippen LogP contribution in [0.2, 0.25) is 0 Å². The molecule has 0 aliphatic carbocycles. The van der Waals surface area contributed by atoms with Gasteiger partial charge in [-0.15, -0.1) is 0 Å². The number of amides is 1. The van der Waals surface area contributed by atoms with Gasteiger partial charge in [0.1, 0.15) is 6.29 Å². The molecule has 0 aromatic heterocycles. The molecule has 1 aromatic carbocycles. The van der Waals surface area contributed by atoms with Gasteiger partial charge >= 0.3 is 0 Å². The molecule has 1 aromatic rings. The normalized spacial score (nSPS) is 18.9. The third kappa shape index (κ3) is 3.14. The number of rotatable bonds is 4. The second-order valence-corrected chi connectivity index (χ2v) is 4.25. The second-order valence-electron chi connectivity index (χ2n) is 4.25. The predicted molar refractivity (Wildman–Crippen MR) is 65.2 cm³/mol. The Morgan fingerprint density at radius 2 is 2.41 bits per heavy atom. The molecular formula is C13H16N2O2. The topological polar surface area (TPSA) is 58.2 Å². The number of carbonyl (C=O) groups is 2. The molecule has 17 heavy (non-hydrogen) atoms. The quantitative estimate of drug-likeness (QED) is 0.761. The molecule has 4 heteroatoms. The van der Waals surface area contributed by atoms with E-state index in [1.165, 1.54) is 6.42 Å². The zero-order chi connectivity index (χ0) is 12.1. The number of carbonyl (C=O) groups excluding carboxylic acids is 2. The Kier molecular flexibility index (Phi) is 3.88. The SMILES string of the molecule is O=Cc1cccc(C(=O)NCC2CCCN2)c1. The minimum Gasteiger partial charge on any atom is -0.350 e. The molecule has 4 nitrogen and oxygen atoms in total. The van der Waals surface area contributed by atoms with Crippen LogP contribution in [0.3, 0.4) is 0 Å². The first kappa shape index (κ1) is 11.8. The van der Waals surface area contributed by atoms with Crippen LogP contribution in [0.5, 0.6) is 0 Å². The van der Waals surface area contributed by atoms with Crippen molar-refractivity contribution in [3.05, 3.63) is 35.4 Å². The van der Waals surface area contributed by atoms with Crippen LogP contribution in [0.25, 0.3) is 0 Å². The third-order valence-corrected chi connectivity index (χ3v) is 2.96. The lowest BCUT2D eigenvalue weighted by molar-refractivity contribution is 0.0950. The highest BCUT2D eigenvalue weighted by atomic mass is 16.1. The highest BCUT2D eigenvalue weighted by Gasteiger charge is 2.15. The fraction of sp³-hybridized carbons (Fsp3) is 0.385. The molecule has 0 spiro atoms. The first-order valence-electron chi connectivity index (χ1n) is 5.86. The number of benzene rings is 1. The molecule has 1 amide bonds. The van der Waals surface area contributed by atoms with Gasteiger partial charge in [-0.1, -0.05) is 12.1 Å². The molecule has 1 aliphatic rings. The zero-order valence-electron chi connectivity index (χ0n) is 9.61. The Bertz CT molecular complexity index is 412. The minimum absolute atomic E-state index is 0.123. The van der Waals surface area contributed by atoms with Crippen LogP contribution in [0, 0.1) is 0 Å². The minimum atomic E-state index is -0.123. The van der Waals surface area contributed by atoms with Gasteiger partial charge < -0.3 is 10.6 Å². The summed E-state index contributed by atoms with van der Waals surface area (Å²) in [4.78, 5) is 22.4. The van der Waals surface area contributed by atoms with E-state index in [1.807, 2.05) is 0 Å².